The number of rotatable bonds is 4. The first kappa shape index (κ1) is 15.3. The van der Waals surface area contributed by atoms with Crippen molar-refractivity contribution in [3.63, 3.8) is 0 Å². The topological polar surface area (TPSA) is 15.3 Å². The Morgan fingerprint density at radius 2 is 2.00 bits per heavy atom. The van der Waals surface area contributed by atoms with Gasteiger partial charge in [0.05, 0.1) is 0 Å². The molecule has 1 aliphatic heterocycles. The fraction of sp³-hybridized carbons (Fsp3) is 1.00. The first-order valence-electron chi connectivity index (χ1n) is 8.42. The molecule has 2 nitrogen and oxygen atoms in total. The zero-order valence-electron chi connectivity index (χ0n) is 13.5. The minimum atomic E-state index is 0.549. The van der Waals surface area contributed by atoms with Gasteiger partial charge in [-0.15, -0.1) is 0 Å². The Morgan fingerprint density at radius 1 is 1.21 bits per heavy atom. The van der Waals surface area contributed by atoms with Crippen molar-refractivity contribution < 1.29 is 0 Å². The lowest BCUT2D eigenvalue weighted by Gasteiger charge is -2.48. The van der Waals surface area contributed by atoms with Gasteiger partial charge in [-0.05, 0) is 70.0 Å². The van der Waals surface area contributed by atoms with Gasteiger partial charge in [0.25, 0.3) is 0 Å². The number of nitrogens with zero attached hydrogens (tertiary/aromatic N) is 1. The summed E-state index contributed by atoms with van der Waals surface area (Å²) in [5, 5.41) is 3.34. The van der Waals surface area contributed by atoms with Crippen LogP contribution < -0.4 is 5.32 Å². The van der Waals surface area contributed by atoms with E-state index in [1.54, 1.807) is 0 Å². The van der Waals surface area contributed by atoms with Gasteiger partial charge in [-0.2, -0.15) is 0 Å². The van der Waals surface area contributed by atoms with Gasteiger partial charge in [-0.25, -0.2) is 0 Å². The maximum absolute atomic E-state index is 3.34. The molecule has 1 heterocycles. The summed E-state index contributed by atoms with van der Waals surface area (Å²) in [6, 6.07) is 1.69. The van der Waals surface area contributed by atoms with Gasteiger partial charge in [0, 0.05) is 12.1 Å². The van der Waals surface area contributed by atoms with Crippen molar-refractivity contribution >= 4 is 0 Å². The van der Waals surface area contributed by atoms with E-state index >= 15 is 0 Å². The second kappa shape index (κ2) is 6.58. The standard InChI is InChI=1S/C17H34N2/c1-14-11-16(13-17(2,3)12-14)19-10-6-5-7-15(19)8-9-18-4/h14-16,18H,5-13H2,1-4H3. The SMILES string of the molecule is CNCCC1CCCCN1C1CC(C)CC(C)(C)C1. The average Bonchev–Trinajstić information content (AvgIpc) is 2.34. The van der Waals surface area contributed by atoms with Crippen LogP contribution in [0.3, 0.4) is 0 Å². The number of hydrogen-bond acceptors (Lipinski definition) is 2. The molecule has 0 aromatic rings. The van der Waals surface area contributed by atoms with E-state index in [0.29, 0.717) is 5.41 Å². The zero-order valence-corrected chi connectivity index (χ0v) is 13.5. The van der Waals surface area contributed by atoms with Gasteiger partial charge in [-0.3, -0.25) is 4.90 Å². The van der Waals surface area contributed by atoms with Gasteiger partial charge >= 0.3 is 0 Å². The molecule has 1 N–H and O–H groups in total. The molecule has 3 unspecified atom stereocenters. The van der Waals surface area contributed by atoms with Gasteiger partial charge in [-0.1, -0.05) is 27.2 Å². The molecule has 2 heteroatoms. The van der Waals surface area contributed by atoms with Crippen LogP contribution in [0.5, 0.6) is 0 Å². The molecular weight excluding hydrogens is 232 g/mol. The Balaban J connectivity index is 2.00. The Kier molecular flexibility index (Phi) is 5.30. The molecule has 2 rings (SSSR count). The molecular formula is C17H34N2. The van der Waals surface area contributed by atoms with E-state index in [1.165, 1.54) is 58.0 Å². The van der Waals surface area contributed by atoms with E-state index in [4.69, 9.17) is 0 Å². The third kappa shape index (κ3) is 4.19. The lowest BCUT2D eigenvalue weighted by Crippen LogP contribution is -2.50. The van der Waals surface area contributed by atoms with Crippen LogP contribution in [0.15, 0.2) is 0 Å². The molecule has 0 aromatic carbocycles. The molecule has 0 aromatic heterocycles. The molecule has 1 saturated carbocycles. The van der Waals surface area contributed by atoms with E-state index < -0.39 is 0 Å². The molecule has 112 valence electrons. The summed E-state index contributed by atoms with van der Waals surface area (Å²) >= 11 is 0. The summed E-state index contributed by atoms with van der Waals surface area (Å²) in [6.07, 6.45) is 9.87. The van der Waals surface area contributed by atoms with Crippen LogP contribution in [0.1, 0.15) is 65.7 Å². The molecule has 2 aliphatic rings. The smallest absolute Gasteiger partial charge is 0.0110 e. The van der Waals surface area contributed by atoms with E-state index in [2.05, 4.69) is 38.0 Å². The van der Waals surface area contributed by atoms with E-state index in [-0.39, 0.29) is 0 Å². The highest BCUT2D eigenvalue weighted by Crippen LogP contribution is 2.42. The second-order valence-corrected chi connectivity index (χ2v) is 7.85. The van der Waals surface area contributed by atoms with Gasteiger partial charge in [0.2, 0.25) is 0 Å². The Labute approximate surface area is 120 Å². The van der Waals surface area contributed by atoms with E-state index in [0.717, 1.165) is 18.0 Å². The molecule has 3 atom stereocenters. The molecule has 0 amide bonds. The molecule has 0 bridgehead atoms. The lowest BCUT2D eigenvalue weighted by atomic mass is 9.69. The van der Waals surface area contributed by atoms with Crippen LogP contribution in [0.25, 0.3) is 0 Å². The van der Waals surface area contributed by atoms with Crippen LogP contribution in [0.2, 0.25) is 0 Å². The summed E-state index contributed by atoms with van der Waals surface area (Å²) < 4.78 is 0. The minimum Gasteiger partial charge on any atom is -0.320 e. The third-order valence-corrected chi connectivity index (χ3v) is 5.23. The third-order valence-electron chi connectivity index (χ3n) is 5.23. The summed E-state index contributed by atoms with van der Waals surface area (Å²) in [4.78, 5) is 2.89. The fourth-order valence-electron chi connectivity index (χ4n) is 4.67. The Hall–Kier alpha value is -0.0800. The van der Waals surface area contributed by atoms with Crippen LogP contribution in [0, 0.1) is 11.3 Å². The van der Waals surface area contributed by atoms with Crippen molar-refractivity contribution in [1.29, 1.82) is 0 Å². The van der Waals surface area contributed by atoms with Crippen LogP contribution >= 0.6 is 0 Å². The van der Waals surface area contributed by atoms with Crippen molar-refractivity contribution in [3.8, 4) is 0 Å². The number of likely N-dealkylation sites (tertiary alicyclic amines) is 1. The van der Waals surface area contributed by atoms with Crippen LogP contribution in [0.4, 0.5) is 0 Å². The predicted molar refractivity (Wildman–Crippen MR) is 83.5 cm³/mol. The highest BCUT2D eigenvalue weighted by Gasteiger charge is 2.37. The molecule has 1 aliphatic carbocycles. The summed E-state index contributed by atoms with van der Waals surface area (Å²) in [5.74, 6) is 0.903. The molecule has 0 spiro atoms. The molecule has 1 saturated heterocycles. The first-order chi connectivity index (χ1) is 9.02. The lowest BCUT2D eigenvalue weighted by molar-refractivity contribution is 0.0187. The second-order valence-electron chi connectivity index (χ2n) is 7.85. The molecule has 0 radical (unpaired) electrons. The quantitative estimate of drug-likeness (QED) is 0.835. The van der Waals surface area contributed by atoms with Gasteiger partial charge < -0.3 is 5.32 Å². The van der Waals surface area contributed by atoms with Crippen LogP contribution in [-0.4, -0.2) is 37.1 Å². The number of hydrogen-bond donors (Lipinski definition) is 1. The van der Waals surface area contributed by atoms with Crippen molar-refractivity contribution in [1.82, 2.24) is 10.2 Å². The highest BCUT2D eigenvalue weighted by atomic mass is 15.2. The summed E-state index contributed by atoms with van der Waals surface area (Å²) in [6.45, 7) is 9.93. The van der Waals surface area contributed by atoms with E-state index in [9.17, 15) is 0 Å². The first-order valence-corrected chi connectivity index (χ1v) is 8.42. The maximum Gasteiger partial charge on any atom is 0.0110 e. The summed E-state index contributed by atoms with van der Waals surface area (Å²) in [7, 11) is 2.08. The maximum atomic E-state index is 3.34. The largest absolute Gasteiger partial charge is 0.320 e. The molecule has 2 fully saturated rings. The monoisotopic (exact) mass is 266 g/mol. The average molecular weight is 266 g/mol. The number of piperidine rings is 1. The molecule has 19 heavy (non-hydrogen) atoms. The van der Waals surface area contributed by atoms with Crippen molar-refractivity contribution in [2.24, 2.45) is 11.3 Å². The minimum absolute atomic E-state index is 0.549. The normalized spacial score (nSPS) is 36.3. The Morgan fingerprint density at radius 3 is 2.68 bits per heavy atom. The fourth-order valence-corrected chi connectivity index (χ4v) is 4.67. The summed E-state index contributed by atoms with van der Waals surface area (Å²) in [5.41, 5.74) is 0.549. The number of nitrogens with one attached hydrogen (secondary N) is 1. The zero-order chi connectivity index (χ0) is 13.9. The Bertz CT molecular complexity index is 274. The van der Waals surface area contributed by atoms with Crippen molar-refractivity contribution in [2.75, 3.05) is 20.1 Å². The van der Waals surface area contributed by atoms with E-state index in [1.807, 2.05) is 0 Å². The van der Waals surface area contributed by atoms with Gasteiger partial charge in [0.15, 0.2) is 0 Å². The predicted octanol–water partition coefficient (Wildman–Crippen LogP) is 3.67. The van der Waals surface area contributed by atoms with Crippen molar-refractivity contribution in [2.45, 2.75) is 77.8 Å². The van der Waals surface area contributed by atoms with Crippen LogP contribution in [-0.2, 0) is 0 Å². The van der Waals surface area contributed by atoms with Gasteiger partial charge in [0.1, 0.15) is 0 Å². The highest BCUT2D eigenvalue weighted by molar-refractivity contribution is 4.91. The van der Waals surface area contributed by atoms with Crippen molar-refractivity contribution in [3.05, 3.63) is 0 Å².